The number of fused-ring (bicyclic) bond motifs is 1. The summed E-state index contributed by atoms with van der Waals surface area (Å²) in [4.78, 5) is 26.6. The Bertz CT molecular complexity index is 1490. The summed E-state index contributed by atoms with van der Waals surface area (Å²) in [5.74, 6) is 0.120. The van der Waals surface area contributed by atoms with Gasteiger partial charge in [-0.3, -0.25) is 4.98 Å². The third-order valence-corrected chi connectivity index (χ3v) is 5.47. The van der Waals surface area contributed by atoms with Crippen LogP contribution in [0.25, 0.3) is 28.0 Å². The molecule has 0 aliphatic carbocycles. The molecule has 0 spiro atoms. The molecule has 0 saturated heterocycles. The van der Waals surface area contributed by atoms with Gasteiger partial charge in [-0.2, -0.15) is 4.68 Å². The van der Waals surface area contributed by atoms with E-state index in [0.717, 1.165) is 33.8 Å². The highest BCUT2D eigenvalue weighted by Gasteiger charge is 2.26. The molecule has 5 rings (SSSR count). The minimum absolute atomic E-state index is 0.120. The molecule has 3 N–H and O–H groups in total. The molecule has 0 aliphatic rings. The number of nitrogens with zero attached hydrogens (tertiary/aromatic N) is 6. The fraction of sp³-hybridized carbons (Fsp3) is 0.174. The number of nitrogens with two attached hydrogens (primary N) is 1. The first kappa shape index (κ1) is 19.7. The van der Waals surface area contributed by atoms with Crippen LogP contribution in [-0.4, -0.2) is 29.3 Å². The molecule has 160 valence electrons. The maximum absolute atomic E-state index is 13.3. The molecular formula is C23H23N8O+. The molecule has 0 bridgehead atoms. The largest absolute Gasteiger partial charge is 0.428 e. The van der Waals surface area contributed by atoms with Crippen molar-refractivity contribution in [3.05, 3.63) is 82.6 Å². The van der Waals surface area contributed by atoms with Crippen LogP contribution in [0.4, 0.5) is 5.95 Å². The molecule has 9 nitrogen and oxygen atoms in total. The summed E-state index contributed by atoms with van der Waals surface area (Å²) in [6.45, 7) is 4.22. The Morgan fingerprint density at radius 3 is 2.44 bits per heavy atom. The van der Waals surface area contributed by atoms with Gasteiger partial charge in [-0.1, -0.05) is 30.3 Å². The van der Waals surface area contributed by atoms with Crippen LogP contribution in [0.3, 0.4) is 0 Å². The zero-order valence-corrected chi connectivity index (χ0v) is 18.1. The lowest BCUT2D eigenvalue weighted by molar-refractivity contribution is -0.516. The van der Waals surface area contributed by atoms with Crippen molar-refractivity contribution in [3.8, 4) is 22.4 Å². The van der Waals surface area contributed by atoms with E-state index in [9.17, 15) is 4.79 Å². The smallest absolute Gasteiger partial charge is 0.335 e. The second-order valence-corrected chi connectivity index (χ2v) is 7.86. The quantitative estimate of drug-likeness (QED) is 0.426. The maximum Gasteiger partial charge on any atom is 0.428 e. The Kier molecular flexibility index (Phi) is 4.58. The molecule has 0 aliphatic heterocycles. The van der Waals surface area contributed by atoms with Gasteiger partial charge in [0.05, 0.1) is 23.8 Å². The van der Waals surface area contributed by atoms with E-state index in [4.69, 9.17) is 5.73 Å². The van der Waals surface area contributed by atoms with Gasteiger partial charge in [-0.05, 0) is 31.5 Å². The Balaban J connectivity index is 1.84. The summed E-state index contributed by atoms with van der Waals surface area (Å²) in [7, 11) is 1.89. The number of H-pyrrole nitrogens is 1. The maximum atomic E-state index is 13.3. The standard InChI is InChI=1S/C23H22N8O/c1-14-9-17(10-15(2)26-14)19-20(16-7-5-4-6-8-16)27-22(24)31-21(19)28-30(23(31)32)12-18-11-25-13-29(18)3/h4-11,13H,12H2,1-3H3,(H2,24,26,27,28)/p+1. The molecule has 0 atom stereocenters. The number of aryl methyl sites for hydroxylation is 3. The first-order valence-electron chi connectivity index (χ1n) is 10.2. The number of nitrogen functional groups attached to an aromatic ring is 1. The Morgan fingerprint density at radius 1 is 1.06 bits per heavy atom. The van der Waals surface area contributed by atoms with E-state index < -0.39 is 0 Å². The van der Waals surface area contributed by atoms with E-state index in [1.54, 1.807) is 12.5 Å². The highest BCUT2D eigenvalue weighted by atomic mass is 16.2. The van der Waals surface area contributed by atoms with Gasteiger partial charge in [0.15, 0.2) is 0 Å². The van der Waals surface area contributed by atoms with Crippen molar-refractivity contribution in [1.82, 2.24) is 29.3 Å². The van der Waals surface area contributed by atoms with E-state index in [-0.39, 0.29) is 11.6 Å². The molecule has 5 aromatic rings. The highest BCUT2D eigenvalue weighted by molar-refractivity contribution is 5.88. The van der Waals surface area contributed by atoms with Crippen molar-refractivity contribution < 1.29 is 4.40 Å². The van der Waals surface area contributed by atoms with Crippen LogP contribution >= 0.6 is 0 Å². The van der Waals surface area contributed by atoms with Crippen molar-refractivity contribution in [2.24, 2.45) is 7.05 Å². The molecular weight excluding hydrogens is 404 g/mol. The second-order valence-electron chi connectivity index (χ2n) is 7.86. The first-order chi connectivity index (χ1) is 15.4. The summed E-state index contributed by atoms with van der Waals surface area (Å²) >= 11 is 0. The molecule has 0 unspecified atom stereocenters. The predicted molar refractivity (Wildman–Crippen MR) is 121 cm³/mol. The summed E-state index contributed by atoms with van der Waals surface area (Å²) in [6, 6.07) is 13.8. The number of pyridine rings is 1. The number of hydrogen-bond acceptors (Lipinski definition) is 5. The summed E-state index contributed by atoms with van der Waals surface area (Å²) in [5.41, 5.74) is 12.5. The lowest BCUT2D eigenvalue weighted by Gasteiger charge is -2.10. The highest BCUT2D eigenvalue weighted by Crippen LogP contribution is 2.33. The van der Waals surface area contributed by atoms with E-state index in [0.29, 0.717) is 17.9 Å². The predicted octanol–water partition coefficient (Wildman–Crippen LogP) is 2.02. The zero-order chi connectivity index (χ0) is 22.4. The van der Waals surface area contributed by atoms with Gasteiger partial charge in [-0.25, -0.2) is 14.9 Å². The number of imidazole rings is 1. The lowest BCUT2D eigenvalue weighted by Crippen LogP contribution is -2.44. The van der Waals surface area contributed by atoms with Crippen LogP contribution in [0.5, 0.6) is 0 Å². The minimum Gasteiger partial charge on any atom is -0.335 e. The summed E-state index contributed by atoms with van der Waals surface area (Å²) in [5, 5.41) is 3.27. The fourth-order valence-electron chi connectivity index (χ4n) is 4.02. The Hall–Kier alpha value is -4.27. The third-order valence-electron chi connectivity index (χ3n) is 5.47. The van der Waals surface area contributed by atoms with Gasteiger partial charge in [0, 0.05) is 24.0 Å². The SMILES string of the molecule is Cc1cc(-c2c(-c3ccccc3)nc(N)[n+]3c(=O)n(Cc4cncn4C)[nH]c23)cc(C)n1. The van der Waals surface area contributed by atoms with Crippen LogP contribution in [0.1, 0.15) is 17.1 Å². The van der Waals surface area contributed by atoms with E-state index >= 15 is 0 Å². The molecule has 9 heteroatoms. The number of aromatic nitrogens is 7. The van der Waals surface area contributed by atoms with Gasteiger partial charge in [0.2, 0.25) is 5.65 Å². The van der Waals surface area contributed by atoms with E-state index in [2.05, 4.69) is 20.1 Å². The normalized spacial score (nSPS) is 11.3. The fourth-order valence-corrected chi connectivity index (χ4v) is 4.02. The lowest BCUT2D eigenvalue weighted by atomic mass is 9.99. The third kappa shape index (κ3) is 3.24. The van der Waals surface area contributed by atoms with Crippen molar-refractivity contribution in [2.75, 3.05) is 5.73 Å². The molecule has 1 aromatic carbocycles. The number of anilines is 1. The topological polar surface area (TPSA) is 112 Å². The zero-order valence-electron chi connectivity index (χ0n) is 18.1. The summed E-state index contributed by atoms with van der Waals surface area (Å²) < 4.78 is 4.81. The molecule has 4 heterocycles. The van der Waals surface area contributed by atoms with Gasteiger partial charge >= 0.3 is 11.6 Å². The van der Waals surface area contributed by atoms with Crippen LogP contribution in [0, 0.1) is 13.8 Å². The van der Waals surface area contributed by atoms with Crippen LogP contribution in [0.2, 0.25) is 0 Å². The second kappa shape index (κ2) is 7.45. The number of nitrogens with one attached hydrogen (secondary N) is 1. The molecule has 0 radical (unpaired) electrons. The average Bonchev–Trinajstić information content (AvgIpc) is 3.31. The van der Waals surface area contributed by atoms with Crippen molar-refractivity contribution in [2.45, 2.75) is 20.4 Å². The summed E-state index contributed by atoms with van der Waals surface area (Å²) in [6.07, 6.45) is 3.43. The first-order valence-corrected chi connectivity index (χ1v) is 10.2. The van der Waals surface area contributed by atoms with E-state index in [1.165, 1.54) is 9.08 Å². The van der Waals surface area contributed by atoms with Crippen molar-refractivity contribution >= 4 is 11.6 Å². The van der Waals surface area contributed by atoms with Crippen LogP contribution in [-0.2, 0) is 13.6 Å². The molecule has 0 saturated carbocycles. The number of rotatable bonds is 4. The minimum atomic E-state index is -0.297. The van der Waals surface area contributed by atoms with Crippen LogP contribution < -0.4 is 15.8 Å². The molecule has 0 fully saturated rings. The molecule has 0 amide bonds. The van der Waals surface area contributed by atoms with Crippen molar-refractivity contribution in [3.63, 3.8) is 0 Å². The van der Waals surface area contributed by atoms with Gasteiger partial charge in [-0.15, -0.1) is 9.38 Å². The average molecular weight is 427 g/mol. The van der Waals surface area contributed by atoms with E-state index in [1.807, 2.05) is 67.9 Å². The van der Waals surface area contributed by atoms with Crippen LogP contribution in [0.15, 0.2) is 59.8 Å². The van der Waals surface area contributed by atoms with Gasteiger partial charge < -0.3 is 10.3 Å². The van der Waals surface area contributed by atoms with Crippen molar-refractivity contribution in [1.29, 1.82) is 0 Å². The monoisotopic (exact) mass is 427 g/mol. The Morgan fingerprint density at radius 2 is 1.78 bits per heavy atom. The van der Waals surface area contributed by atoms with Gasteiger partial charge in [0.25, 0.3) is 0 Å². The molecule has 32 heavy (non-hydrogen) atoms. The number of aromatic amines is 1. The molecule has 4 aromatic heterocycles. The van der Waals surface area contributed by atoms with Gasteiger partial charge in [0.1, 0.15) is 12.2 Å². The number of hydrogen-bond donors (Lipinski definition) is 2. The number of benzene rings is 1. The Labute approximate surface area is 183 Å².